The quantitative estimate of drug-likeness (QED) is 0.705. The van der Waals surface area contributed by atoms with Crippen molar-refractivity contribution in [2.75, 3.05) is 39.3 Å². The smallest absolute Gasteiger partial charge is 0.395 e. The first-order chi connectivity index (χ1) is 11.2. The molecule has 1 amide bonds. The summed E-state index contributed by atoms with van der Waals surface area (Å²) in [5, 5.41) is 11.4. The minimum Gasteiger partial charge on any atom is -0.395 e. The van der Waals surface area contributed by atoms with Gasteiger partial charge in [-0.15, -0.1) is 0 Å². The molecule has 3 rings (SSSR count). The number of benzene rings is 1. The number of rotatable bonds is 4. The highest BCUT2D eigenvalue weighted by Gasteiger charge is 2.35. The lowest BCUT2D eigenvalue weighted by Gasteiger charge is -2.33. The summed E-state index contributed by atoms with van der Waals surface area (Å²) < 4.78 is 6.18. The normalized spacial score (nSPS) is 15.8. The second-order valence-corrected chi connectivity index (χ2v) is 5.36. The molecule has 1 saturated heterocycles. The summed E-state index contributed by atoms with van der Waals surface area (Å²) in [6, 6.07) is 9.04. The first-order valence-corrected chi connectivity index (χ1v) is 7.52. The lowest BCUT2D eigenvalue weighted by molar-refractivity contribution is -0.672. The summed E-state index contributed by atoms with van der Waals surface area (Å²) in [5.74, 6) is -0.354. The van der Waals surface area contributed by atoms with Crippen LogP contribution >= 0.6 is 0 Å². The van der Waals surface area contributed by atoms with Gasteiger partial charge in [0.1, 0.15) is 0 Å². The van der Waals surface area contributed by atoms with E-state index in [1.807, 2.05) is 18.2 Å². The molecular formula is C15H19N4O4+. The van der Waals surface area contributed by atoms with E-state index in [4.69, 9.17) is 9.63 Å². The molecule has 23 heavy (non-hydrogen) atoms. The van der Waals surface area contributed by atoms with Crippen LogP contribution in [0.5, 0.6) is 0 Å². The van der Waals surface area contributed by atoms with Gasteiger partial charge in [-0.25, -0.2) is 4.79 Å². The maximum Gasteiger partial charge on any atom is 0.441 e. The van der Waals surface area contributed by atoms with Crippen LogP contribution < -0.4 is 10.3 Å². The third-order valence-corrected chi connectivity index (χ3v) is 3.94. The van der Waals surface area contributed by atoms with E-state index in [-0.39, 0.29) is 18.2 Å². The van der Waals surface area contributed by atoms with Crippen LogP contribution in [-0.2, 0) is 0 Å². The van der Waals surface area contributed by atoms with E-state index in [9.17, 15) is 9.59 Å². The van der Waals surface area contributed by atoms with Gasteiger partial charge < -0.3 is 10.0 Å². The lowest BCUT2D eigenvalue weighted by atomic mass is 10.2. The van der Waals surface area contributed by atoms with E-state index >= 15 is 0 Å². The molecule has 0 saturated carbocycles. The standard InChI is InChI=1S/C15H18N4O4/c20-11-10-17-6-8-18(9-7-17)14(21)13-15(22)23-16-19(13)12-4-2-1-3-5-12/h1-5,20H,6-11H2/p+1. The molecule has 1 fully saturated rings. The summed E-state index contributed by atoms with van der Waals surface area (Å²) in [5.41, 5.74) is -0.0657. The van der Waals surface area contributed by atoms with Crippen LogP contribution in [0.1, 0.15) is 10.5 Å². The second-order valence-electron chi connectivity index (χ2n) is 5.36. The zero-order valence-electron chi connectivity index (χ0n) is 12.6. The number of aliphatic hydroxyl groups is 1. The molecule has 8 nitrogen and oxygen atoms in total. The molecule has 1 aromatic carbocycles. The van der Waals surface area contributed by atoms with Gasteiger partial charge in [-0.05, 0) is 9.95 Å². The number of β-amino-alcohol motifs (C(OH)–C–C–N with tert-alkyl or cyclic N) is 1. The van der Waals surface area contributed by atoms with Crippen LogP contribution in [0.2, 0.25) is 0 Å². The number of aromatic amines is 1. The van der Waals surface area contributed by atoms with Crippen LogP contribution in [-0.4, -0.2) is 65.4 Å². The fourth-order valence-electron chi connectivity index (χ4n) is 2.68. The van der Waals surface area contributed by atoms with E-state index in [1.165, 1.54) is 4.68 Å². The fourth-order valence-corrected chi connectivity index (χ4v) is 2.68. The average Bonchev–Trinajstić information content (AvgIpc) is 2.97. The molecule has 2 heterocycles. The predicted octanol–water partition coefficient (Wildman–Crippen LogP) is -1.01. The Morgan fingerprint density at radius 3 is 2.57 bits per heavy atom. The number of para-hydroxylation sites is 1. The predicted molar refractivity (Wildman–Crippen MR) is 80.3 cm³/mol. The van der Waals surface area contributed by atoms with Gasteiger partial charge >= 0.3 is 17.2 Å². The molecule has 0 unspecified atom stereocenters. The number of hydrogen-bond acceptors (Lipinski definition) is 5. The van der Waals surface area contributed by atoms with E-state index in [0.717, 1.165) is 0 Å². The van der Waals surface area contributed by atoms with Crippen LogP contribution in [0.25, 0.3) is 5.69 Å². The second kappa shape index (κ2) is 6.76. The first kappa shape index (κ1) is 15.4. The van der Waals surface area contributed by atoms with Gasteiger partial charge in [0.2, 0.25) is 5.69 Å². The molecule has 2 aromatic rings. The van der Waals surface area contributed by atoms with Crippen molar-refractivity contribution in [1.82, 2.24) is 15.1 Å². The molecule has 1 aromatic heterocycles. The Labute approximate surface area is 132 Å². The Balaban J connectivity index is 1.81. The first-order valence-electron chi connectivity index (χ1n) is 7.52. The molecule has 0 radical (unpaired) electrons. The Hall–Kier alpha value is -2.45. The van der Waals surface area contributed by atoms with Crippen molar-refractivity contribution >= 4 is 5.91 Å². The summed E-state index contributed by atoms with van der Waals surface area (Å²) in [7, 11) is 0. The minimum absolute atomic E-state index is 0.0354. The lowest BCUT2D eigenvalue weighted by Crippen LogP contribution is -2.53. The van der Waals surface area contributed by atoms with Crippen molar-refractivity contribution in [2.24, 2.45) is 0 Å². The summed E-state index contributed by atoms with van der Waals surface area (Å²) in [4.78, 5) is 28.4. The molecule has 0 atom stereocenters. The summed E-state index contributed by atoms with van der Waals surface area (Å²) in [6.07, 6.45) is 0. The maximum absolute atomic E-state index is 12.7. The molecular weight excluding hydrogens is 300 g/mol. The Bertz CT molecular complexity index is 717. The summed E-state index contributed by atoms with van der Waals surface area (Å²) >= 11 is 0. The number of hydrogen-bond donors (Lipinski definition) is 2. The van der Waals surface area contributed by atoms with Gasteiger partial charge in [0.05, 0.1) is 6.61 Å². The van der Waals surface area contributed by atoms with Crippen LogP contribution in [0.4, 0.5) is 0 Å². The third kappa shape index (κ3) is 3.17. The SMILES string of the molecule is O=C(c1c(=O)o[nH][n+]1-c1ccccc1)N1CCN(CCO)CC1. The van der Waals surface area contributed by atoms with Crippen molar-refractivity contribution < 1.29 is 19.1 Å². The fraction of sp³-hybridized carbons (Fsp3) is 0.400. The number of aromatic nitrogens is 2. The van der Waals surface area contributed by atoms with Crippen LogP contribution in [0, 0.1) is 0 Å². The van der Waals surface area contributed by atoms with Gasteiger partial charge in [-0.3, -0.25) is 14.2 Å². The molecule has 0 aliphatic carbocycles. The van der Waals surface area contributed by atoms with Crippen LogP contribution in [0.3, 0.4) is 0 Å². The molecule has 1 aliphatic rings. The highest BCUT2D eigenvalue weighted by atomic mass is 16.5. The topological polar surface area (TPSA) is 93.7 Å². The van der Waals surface area contributed by atoms with Gasteiger partial charge in [-0.1, -0.05) is 18.2 Å². The summed E-state index contributed by atoms with van der Waals surface area (Å²) in [6.45, 7) is 3.07. The van der Waals surface area contributed by atoms with E-state index in [2.05, 4.69) is 10.2 Å². The number of nitrogens with zero attached hydrogens (tertiary/aromatic N) is 3. The van der Waals surface area contributed by atoms with Gasteiger partial charge in [0.15, 0.2) is 0 Å². The average molecular weight is 319 g/mol. The zero-order chi connectivity index (χ0) is 16.2. The molecule has 2 N–H and O–H groups in total. The van der Waals surface area contributed by atoms with Crippen molar-refractivity contribution in [3.63, 3.8) is 0 Å². The highest BCUT2D eigenvalue weighted by molar-refractivity contribution is 5.90. The largest absolute Gasteiger partial charge is 0.441 e. The van der Waals surface area contributed by atoms with Crippen LogP contribution in [0.15, 0.2) is 39.6 Å². The van der Waals surface area contributed by atoms with E-state index in [1.54, 1.807) is 17.0 Å². The highest BCUT2D eigenvalue weighted by Crippen LogP contribution is 2.06. The number of piperazine rings is 1. The maximum atomic E-state index is 12.7. The molecule has 8 heteroatoms. The Morgan fingerprint density at radius 1 is 1.22 bits per heavy atom. The van der Waals surface area contributed by atoms with Gasteiger partial charge in [-0.2, -0.15) is 0 Å². The van der Waals surface area contributed by atoms with Gasteiger partial charge in [0.25, 0.3) is 0 Å². The minimum atomic E-state index is -0.684. The van der Waals surface area contributed by atoms with Crippen molar-refractivity contribution in [3.8, 4) is 5.69 Å². The van der Waals surface area contributed by atoms with E-state index in [0.29, 0.717) is 38.4 Å². The third-order valence-electron chi connectivity index (χ3n) is 3.94. The van der Waals surface area contributed by atoms with Gasteiger partial charge in [0, 0.05) is 44.9 Å². The number of carbonyl (C=O) groups is 1. The number of nitrogens with one attached hydrogen (secondary N) is 1. The Kier molecular flexibility index (Phi) is 4.54. The number of carbonyl (C=O) groups excluding carboxylic acids is 1. The molecule has 1 aliphatic heterocycles. The van der Waals surface area contributed by atoms with Crippen molar-refractivity contribution in [3.05, 3.63) is 46.4 Å². The number of aliphatic hydroxyl groups excluding tert-OH is 1. The van der Waals surface area contributed by atoms with Crippen molar-refractivity contribution in [1.29, 1.82) is 0 Å². The molecule has 0 spiro atoms. The molecule has 122 valence electrons. The number of amides is 1. The monoisotopic (exact) mass is 319 g/mol. The van der Waals surface area contributed by atoms with E-state index < -0.39 is 5.63 Å². The molecule has 0 bridgehead atoms. The van der Waals surface area contributed by atoms with Crippen molar-refractivity contribution in [2.45, 2.75) is 0 Å². The zero-order valence-corrected chi connectivity index (χ0v) is 12.6. The Morgan fingerprint density at radius 2 is 1.91 bits per heavy atom. The number of H-pyrrole nitrogens is 1.